The Bertz CT molecular complexity index is 751. The van der Waals surface area contributed by atoms with Crippen LogP contribution in [0.15, 0.2) is 60.7 Å². The number of benzene rings is 2. The minimum Gasteiger partial charge on any atom is -0.461 e. The van der Waals surface area contributed by atoms with Crippen LogP contribution in [-0.2, 0) is 9.53 Å². The Hall–Kier alpha value is -2.13. The fourth-order valence-electron chi connectivity index (χ4n) is 5.45. The van der Waals surface area contributed by atoms with Crippen LogP contribution < -0.4 is 0 Å². The fourth-order valence-corrected chi connectivity index (χ4v) is 5.45. The van der Waals surface area contributed by atoms with Crippen LogP contribution in [0.3, 0.4) is 0 Å². The maximum atomic E-state index is 13.3. The number of hydrogen-bond acceptors (Lipinski definition) is 2. The topological polar surface area (TPSA) is 26.3 Å². The number of piperidine rings is 1. The molecule has 4 rings (SSSR count). The van der Waals surface area contributed by atoms with Crippen molar-refractivity contribution >= 4 is 5.97 Å². The highest BCUT2D eigenvalue weighted by molar-refractivity contribution is 5.82. The van der Waals surface area contributed by atoms with Gasteiger partial charge in [-0.3, -0.25) is 4.79 Å². The molecule has 1 saturated heterocycles. The lowest BCUT2D eigenvalue weighted by Gasteiger charge is -2.43. The van der Waals surface area contributed by atoms with Gasteiger partial charge in [-0.2, -0.15) is 0 Å². The Kier molecular flexibility index (Phi) is 6.89. The average molecular weight is 407 g/mol. The van der Waals surface area contributed by atoms with Gasteiger partial charge in [-0.1, -0.05) is 79.9 Å². The maximum absolute atomic E-state index is 13.3. The van der Waals surface area contributed by atoms with Gasteiger partial charge >= 0.3 is 5.97 Å². The number of rotatable bonds is 6. The van der Waals surface area contributed by atoms with E-state index < -0.39 is 0 Å². The van der Waals surface area contributed by atoms with Crippen molar-refractivity contribution in [3.63, 3.8) is 0 Å². The van der Waals surface area contributed by atoms with Crippen LogP contribution in [0.1, 0.15) is 62.0 Å². The normalized spacial score (nSPS) is 25.2. The molecule has 0 bridgehead atoms. The van der Waals surface area contributed by atoms with Gasteiger partial charge in [-0.05, 0) is 24.0 Å². The molecule has 0 aromatic heterocycles. The average Bonchev–Trinajstić information content (AvgIpc) is 2.78. The second-order valence-electron chi connectivity index (χ2n) is 9.64. The molecular formula is C27H36NO2+. The minimum absolute atomic E-state index is 0.0463. The molecular weight excluding hydrogens is 370 g/mol. The Morgan fingerprint density at radius 3 is 1.93 bits per heavy atom. The number of ether oxygens (including phenoxy) is 1. The molecule has 2 aliphatic rings. The highest BCUT2D eigenvalue weighted by Crippen LogP contribution is 2.31. The van der Waals surface area contributed by atoms with Crippen molar-refractivity contribution in [2.75, 3.05) is 26.7 Å². The Labute approximate surface area is 181 Å². The monoisotopic (exact) mass is 406 g/mol. The smallest absolute Gasteiger partial charge is 0.318 e. The lowest BCUT2D eigenvalue weighted by Crippen LogP contribution is -2.54. The van der Waals surface area contributed by atoms with Crippen LogP contribution in [-0.4, -0.2) is 43.2 Å². The van der Waals surface area contributed by atoms with Crippen LogP contribution >= 0.6 is 0 Å². The van der Waals surface area contributed by atoms with Gasteiger partial charge in [0.05, 0.1) is 26.7 Å². The van der Waals surface area contributed by atoms with Crippen molar-refractivity contribution < 1.29 is 14.0 Å². The molecule has 0 unspecified atom stereocenters. The van der Waals surface area contributed by atoms with Crippen molar-refractivity contribution in [2.24, 2.45) is 5.92 Å². The number of nitrogens with zero attached hydrogens (tertiary/aromatic N) is 1. The molecule has 0 N–H and O–H groups in total. The van der Waals surface area contributed by atoms with Gasteiger partial charge < -0.3 is 9.22 Å². The summed E-state index contributed by atoms with van der Waals surface area (Å²) < 4.78 is 7.25. The second-order valence-corrected chi connectivity index (χ2v) is 9.64. The highest BCUT2D eigenvalue weighted by Gasteiger charge is 2.35. The van der Waals surface area contributed by atoms with E-state index in [1.807, 2.05) is 60.7 Å². The predicted octanol–water partition coefficient (Wildman–Crippen LogP) is 5.55. The Morgan fingerprint density at radius 1 is 0.867 bits per heavy atom. The third-order valence-electron chi connectivity index (χ3n) is 7.19. The lowest BCUT2D eigenvalue weighted by atomic mass is 9.87. The summed E-state index contributed by atoms with van der Waals surface area (Å²) in [5.74, 6) is 0.432. The summed E-state index contributed by atoms with van der Waals surface area (Å²) in [5.41, 5.74) is 2.00. The first-order valence-corrected chi connectivity index (χ1v) is 11.8. The summed E-state index contributed by atoms with van der Waals surface area (Å²) in [4.78, 5) is 13.3. The maximum Gasteiger partial charge on any atom is 0.318 e. The van der Waals surface area contributed by atoms with Gasteiger partial charge in [0.1, 0.15) is 12.0 Å². The van der Waals surface area contributed by atoms with Gasteiger partial charge in [0.25, 0.3) is 0 Å². The number of hydrogen-bond donors (Lipinski definition) is 0. The summed E-state index contributed by atoms with van der Waals surface area (Å²) >= 11 is 0. The first-order chi connectivity index (χ1) is 14.6. The largest absolute Gasteiger partial charge is 0.461 e. The molecule has 1 aliphatic heterocycles. The first-order valence-electron chi connectivity index (χ1n) is 11.8. The molecule has 0 amide bonds. The van der Waals surface area contributed by atoms with Crippen LogP contribution in [0.2, 0.25) is 0 Å². The zero-order chi connectivity index (χ0) is 20.8. The van der Waals surface area contributed by atoms with E-state index in [1.54, 1.807) is 0 Å². The molecule has 2 aromatic rings. The Balaban J connectivity index is 1.38. The van der Waals surface area contributed by atoms with E-state index in [2.05, 4.69) is 7.05 Å². The van der Waals surface area contributed by atoms with Gasteiger partial charge in [0.15, 0.2) is 0 Å². The third kappa shape index (κ3) is 5.31. The zero-order valence-electron chi connectivity index (χ0n) is 18.3. The number of carbonyl (C=O) groups excluding carboxylic acids is 1. The molecule has 1 heterocycles. The first kappa shape index (κ1) is 21.1. The Morgan fingerprint density at radius 2 is 1.40 bits per heavy atom. The number of likely N-dealkylation sites (tertiary alicyclic amines) is 1. The lowest BCUT2D eigenvalue weighted by molar-refractivity contribution is -0.918. The quantitative estimate of drug-likeness (QED) is 0.464. The molecule has 1 saturated carbocycles. The number of quaternary nitrogens is 1. The molecule has 0 radical (unpaired) electrons. The summed E-state index contributed by atoms with van der Waals surface area (Å²) in [7, 11) is 2.41. The van der Waals surface area contributed by atoms with Crippen LogP contribution in [0.4, 0.5) is 0 Å². The van der Waals surface area contributed by atoms with Crippen molar-refractivity contribution in [3.8, 4) is 0 Å². The molecule has 160 valence electrons. The molecule has 0 atom stereocenters. The van der Waals surface area contributed by atoms with Crippen molar-refractivity contribution in [2.45, 2.75) is 57.0 Å². The molecule has 30 heavy (non-hydrogen) atoms. The molecule has 0 spiro atoms. The summed E-state index contributed by atoms with van der Waals surface area (Å²) in [5, 5.41) is 0. The summed E-state index contributed by atoms with van der Waals surface area (Å²) in [6, 6.07) is 20.1. The second kappa shape index (κ2) is 9.78. The standard InChI is InChI=1S/C27H36NO2/c1-28(21-22-11-5-2-6-12-22)19-17-25(18-20-28)30-27(29)26(23-13-7-3-8-14-23)24-15-9-4-10-16-24/h3-4,7-10,13-16,22,25-26H,2,5-6,11-12,17-21H2,1H3/q+1. The van der Waals surface area contributed by atoms with Crippen LogP contribution in [0.5, 0.6) is 0 Å². The summed E-state index contributed by atoms with van der Waals surface area (Å²) in [6.07, 6.45) is 9.05. The highest BCUT2D eigenvalue weighted by atomic mass is 16.5. The van der Waals surface area contributed by atoms with E-state index in [4.69, 9.17) is 4.74 Å². The predicted molar refractivity (Wildman–Crippen MR) is 121 cm³/mol. The van der Waals surface area contributed by atoms with E-state index in [-0.39, 0.29) is 18.0 Å². The number of esters is 1. The van der Waals surface area contributed by atoms with E-state index in [9.17, 15) is 4.79 Å². The fraction of sp³-hybridized carbons (Fsp3) is 0.519. The van der Waals surface area contributed by atoms with Gasteiger partial charge in [-0.25, -0.2) is 0 Å². The molecule has 1 aliphatic carbocycles. The van der Waals surface area contributed by atoms with E-state index in [1.165, 1.54) is 38.6 Å². The van der Waals surface area contributed by atoms with Gasteiger partial charge in [0, 0.05) is 18.8 Å². The molecule has 3 nitrogen and oxygen atoms in total. The molecule has 3 heteroatoms. The molecule has 2 fully saturated rings. The van der Waals surface area contributed by atoms with Crippen LogP contribution in [0.25, 0.3) is 0 Å². The molecule has 2 aromatic carbocycles. The zero-order valence-corrected chi connectivity index (χ0v) is 18.3. The van der Waals surface area contributed by atoms with E-state index in [0.29, 0.717) is 0 Å². The summed E-state index contributed by atoms with van der Waals surface area (Å²) in [6.45, 7) is 3.54. The third-order valence-corrected chi connectivity index (χ3v) is 7.19. The van der Waals surface area contributed by atoms with E-state index >= 15 is 0 Å². The van der Waals surface area contributed by atoms with Crippen LogP contribution in [0, 0.1) is 5.92 Å². The van der Waals surface area contributed by atoms with Crippen molar-refractivity contribution in [1.82, 2.24) is 0 Å². The minimum atomic E-state index is -0.350. The van der Waals surface area contributed by atoms with Gasteiger partial charge in [0.2, 0.25) is 0 Å². The van der Waals surface area contributed by atoms with E-state index in [0.717, 1.165) is 47.5 Å². The number of carbonyl (C=O) groups is 1. The van der Waals surface area contributed by atoms with Gasteiger partial charge in [-0.15, -0.1) is 0 Å². The van der Waals surface area contributed by atoms with Crippen molar-refractivity contribution in [3.05, 3.63) is 71.8 Å². The SMILES string of the molecule is C[N+]1(CC2CCCCC2)CCC(OC(=O)C(c2ccccc2)c2ccccc2)CC1. The van der Waals surface area contributed by atoms with Crippen molar-refractivity contribution in [1.29, 1.82) is 0 Å².